The lowest BCUT2D eigenvalue weighted by molar-refractivity contribution is 0.0886. The lowest BCUT2D eigenvalue weighted by atomic mass is 10.0. The van der Waals surface area contributed by atoms with Crippen molar-refractivity contribution in [3.05, 3.63) is 71.0 Å². The van der Waals surface area contributed by atoms with E-state index in [0.29, 0.717) is 12.1 Å². The van der Waals surface area contributed by atoms with Gasteiger partial charge in [-0.15, -0.1) is 0 Å². The number of hydrogen-bond acceptors (Lipinski definition) is 3. The number of rotatable bonds is 5. The fraction of sp³-hybridized carbons (Fsp3) is 0.381. The predicted octanol–water partition coefficient (Wildman–Crippen LogP) is 2.85. The molecule has 0 aromatic heterocycles. The summed E-state index contributed by atoms with van der Waals surface area (Å²) >= 11 is 0. The normalized spacial score (nSPS) is 17.0. The minimum absolute atomic E-state index is 0.0399. The van der Waals surface area contributed by atoms with Crippen LogP contribution in [0.25, 0.3) is 0 Å². The van der Waals surface area contributed by atoms with Crippen LogP contribution in [0.15, 0.2) is 48.5 Å². The van der Waals surface area contributed by atoms with E-state index in [2.05, 4.69) is 22.2 Å². The first-order chi connectivity index (χ1) is 12.5. The minimum atomic E-state index is -0.241. The Kier molecular flexibility index (Phi) is 6.01. The maximum atomic E-state index is 13.3. The van der Waals surface area contributed by atoms with Crippen molar-refractivity contribution in [1.29, 1.82) is 0 Å². The average Bonchev–Trinajstić information content (AvgIpc) is 2.64. The molecule has 0 unspecified atom stereocenters. The molecule has 3 rings (SSSR count). The summed E-state index contributed by atoms with van der Waals surface area (Å²) in [6.07, 6.45) is 0. The zero-order valence-corrected chi connectivity index (χ0v) is 15.4. The Morgan fingerprint density at radius 2 is 1.81 bits per heavy atom. The van der Waals surface area contributed by atoms with E-state index in [-0.39, 0.29) is 17.8 Å². The second kappa shape index (κ2) is 8.43. The lowest BCUT2D eigenvalue weighted by Crippen LogP contribution is -2.48. The Morgan fingerprint density at radius 1 is 1.12 bits per heavy atom. The van der Waals surface area contributed by atoms with Crippen LogP contribution in [-0.2, 0) is 0 Å². The van der Waals surface area contributed by atoms with Gasteiger partial charge >= 0.3 is 0 Å². The van der Waals surface area contributed by atoms with Gasteiger partial charge in [0.25, 0.3) is 5.91 Å². The molecule has 0 spiro atoms. The van der Waals surface area contributed by atoms with Gasteiger partial charge in [-0.1, -0.05) is 29.8 Å². The van der Waals surface area contributed by atoms with Crippen molar-refractivity contribution in [2.24, 2.45) is 0 Å². The molecule has 2 aromatic carbocycles. The molecule has 0 aliphatic carbocycles. The van der Waals surface area contributed by atoms with E-state index in [9.17, 15) is 9.18 Å². The highest BCUT2D eigenvalue weighted by Gasteiger charge is 2.24. The molecule has 1 fully saturated rings. The number of likely N-dealkylation sites (N-methyl/N-ethyl adjacent to an activating group) is 1. The molecule has 1 heterocycles. The minimum Gasteiger partial charge on any atom is -0.350 e. The number of amides is 1. The molecule has 26 heavy (non-hydrogen) atoms. The quantitative estimate of drug-likeness (QED) is 0.896. The number of nitrogens with zero attached hydrogens (tertiary/aromatic N) is 2. The molecule has 0 saturated carbocycles. The van der Waals surface area contributed by atoms with Gasteiger partial charge < -0.3 is 10.2 Å². The molecule has 5 heteroatoms. The maximum absolute atomic E-state index is 13.3. The average molecular weight is 355 g/mol. The third kappa shape index (κ3) is 4.68. The van der Waals surface area contributed by atoms with Crippen LogP contribution in [0, 0.1) is 12.7 Å². The number of carbonyl (C=O) groups is 1. The van der Waals surface area contributed by atoms with Gasteiger partial charge in [0.2, 0.25) is 0 Å². The Bertz CT molecular complexity index is 739. The fourth-order valence-electron chi connectivity index (χ4n) is 3.35. The first-order valence-electron chi connectivity index (χ1n) is 9.06. The number of aryl methyl sites for hydroxylation is 1. The number of halogens is 1. The van der Waals surface area contributed by atoms with Gasteiger partial charge in [0.1, 0.15) is 5.82 Å². The number of hydrogen-bond donors (Lipinski definition) is 1. The highest BCUT2D eigenvalue weighted by atomic mass is 19.1. The van der Waals surface area contributed by atoms with Crippen molar-refractivity contribution in [3.8, 4) is 0 Å². The van der Waals surface area contributed by atoms with Crippen LogP contribution in [-0.4, -0.2) is 55.5 Å². The SMILES string of the molecule is Cc1cccc(C(=O)NC[C@@H](c2ccc(F)cc2)N2CCN(C)CC2)c1. The van der Waals surface area contributed by atoms with E-state index in [0.717, 1.165) is 37.3 Å². The number of benzene rings is 2. The Balaban J connectivity index is 1.73. The van der Waals surface area contributed by atoms with E-state index >= 15 is 0 Å². The van der Waals surface area contributed by atoms with E-state index in [1.807, 2.05) is 43.3 Å². The van der Waals surface area contributed by atoms with Gasteiger partial charge in [-0.05, 0) is 43.8 Å². The van der Waals surface area contributed by atoms with E-state index in [4.69, 9.17) is 0 Å². The van der Waals surface area contributed by atoms with Crippen LogP contribution < -0.4 is 5.32 Å². The van der Waals surface area contributed by atoms with E-state index in [1.54, 1.807) is 0 Å². The van der Waals surface area contributed by atoms with Gasteiger partial charge in [0.05, 0.1) is 6.04 Å². The van der Waals surface area contributed by atoms with Gasteiger partial charge in [-0.2, -0.15) is 0 Å². The van der Waals surface area contributed by atoms with Gasteiger partial charge in [-0.25, -0.2) is 4.39 Å². The van der Waals surface area contributed by atoms with Crippen molar-refractivity contribution in [2.75, 3.05) is 39.8 Å². The third-order valence-corrected chi connectivity index (χ3v) is 4.97. The van der Waals surface area contributed by atoms with Gasteiger partial charge in [0.15, 0.2) is 0 Å². The molecular weight excluding hydrogens is 329 g/mol. The summed E-state index contributed by atoms with van der Waals surface area (Å²) < 4.78 is 13.3. The zero-order valence-electron chi connectivity index (χ0n) is 15.4. The van der Waals surface area contributed by atoms with Crippen LogP contribution in [0.3, 0.4) is 0 Å². The monoisotopic (exact) mass is 355 g/mol. The van der Waals surface area contributed by atoms with E-state index in [1.165, 1.54) is 12.1 Å². The summed E-state index contributed by atoms with van der Waals surface area (Å²) in [6.45, 7) is 6.31. The first kappa shape index (κ1) is 18.5. The molecule has 2 aromatic rings. The lowest BCUT2D eigenvalue weighted by Gasteiger charge is -2.38. The zero-order chi connectivity index (χ0) is 18.5. The summed E-state index contributed by atoms with van der Waals surface area (Å²) in [4.78, 5) is 17.2. The highest BCUT2D eigenvalue weighted by molar-refractivity contribution is 5.94. The van der Waals surface area contributed by atoms with Gasteiger partial charge in [0, 0.05) is 38.3 Å². The molecule has 1 aliphatic rings. The second-order valence-corrected chi connectivity index (χ2v) is 6.99. The molecule has 4 nitrogen and oxygen atoms in total. The molecule has 1 N–H and O–H groups in total. The Morgan fingerprint density at radius 3 is 2.46 bits per heavy atom. The number of nitrogens with one attached hydrogen (secondary N) is 1. The van der Waals surface area contributed by atoms with Crippen LogP contribution in [0.4, 0.5) is 4.39 Å². The topological polar surface area (TPSA) is 35.6 Å². The van der Waals surface area contributed by atoms with Crippen molar-refractivity contribution >= 4 is 5.91 Å². The highest BCUT2D eigenvalue weighted by Crippen LogP contribution is 2.22. The fourth-order valence-corrected chi connectivity index (χ4v) is 3.35. The first-order valence-corrected chi connectivity index (χ1v) is 9.06. The molecule has 1 saturated heterocycles. The number of carbonyl (C=O) groups excluding carboxylic acids is 1. The summed E-state index contributed by atoms with van der Waals surface area (Å²) in [6, 6.07) is 14.2. The van der Waals surface area contributed by atoms with Crippen molar-refractivity contribution in [1.82, 2.24) is 15.1 Å². The maximum Gasteiger partial charge on any atom is 0.251 e. The Hall–Kier alpha value is -2.24. The molecule has 138 valence electrons. The molecular formula is C21H26FN3O. The largest absolute Gasteiger partial charge is 0.350 e. The molecule has 1 atom stereocenters. The molecule has 0 bridgehead atoms. The van der Waals surface area contributed by atoms with Crippen molar-refractivity contribution in [2.45, 2.75) is 13.0 Å². The summed E-state index contributed by atoms with van der Waals surface area (Å²) in [5, 5.41) is 3.06. The number of piperazine rings is 1. The van der Waals surface area contributed by atoms with Crippen molar-refractivity contribution < 1.29 is 9.18 Å². The Labute approximate surface area is 154 Å². The standard InChI is InChI=1S/C21H26FN3O/c1-16-4-3-5-18(14-16)21(26)23-15-20(17-6-8-19(22)9-7-17)25-12-10-24(2)11-13-25/h3-9,14,20H,10-13,15H2,1-2H3,(H,23,26)/t20-/m0/s1. The summed E-state index contributed by atoms with van der Waals surface area (Å²) in [5.41, 5.74) is 2.76. The molecule has 1 aliphatic heterocycles. The van der Waals surface area contributed by atoms with E-state index < -0.39 is 0 Å². The van der Waals surface area contributed by atoms with Gasteiger partial charge in [-0.3, -0.25) is 9.69 Å². The third-order valence-electron chi connectivity index (χ3n) is 4.97. The smallest absolute Gasteiger partial charge is 0.251 e. The summed E-state index contributed by atoms with van der Waals surface area (Å²) in [7, 11) is 2.11. The van der Waals surface area contributed by atoms with Crippen LogP contribution in [0.1, 0.15) is 27.5 Å². The predicted molar refractivity (Wildman–Crippen MR) is 102 cm³/mol. The van der Waals surface area contributed by atoms with Crippen LogP contribution in [0.5, 0.6) is 0 Å². The molecule has 0 radical (unpaired) electrons. The van der Waals surface area contributed by atoms with Crippen LogP contribution >= 0.6 is 0 Å². The van der Waals surface area contributed by atoms with Crippen molar-refractivity contribution in [3.63, 3.8) is 0 Å². The second-order valence-electron chi connectivity index (χ2n) is 6.99. The molecule has 1 amide bonds. The summed E-state index contributed by atoms with van der Waals surface area (Å²) in [5.74, 6) is -0.315. The van der Waals surface area contributed by atoms with Crippen LogP contribution in [0.2, 0.25) is 0 Å².